The average molecular weight is 1670 g/mol. The van der Waals surface area contributed by atoms with Gasteiger partial charge in [0.25, 0.3) is 0 Å². The highest BCUT2D eigenvalue weighted by Crippen LogP contribution is 2.35. The van der Waals surface area contributed by atoms with Crippen molar-refractivity contribution in [1.82, 2.24) is 19.9 Å². The van der Waals surface area contributed by atoms with Crippen LogP contribution < -0.4 is 4.74 Å². The highest BCUT2D eigenvalue weighted by atomic mass is 79.9. The molecule has 8 aromatic carbocycles. The smallest absolute Gasteiger partial charge is 0.150 e. The average Bonchev–Trinajstić information content (AvgIpc) is 0.813. The fourth-order valence-corrected chi connectivity index (χ4v) is 15.3. The number of unbranched alkanes of at least 4 members (excludes halogenated alkanes) is 10. The van der Waals surface area contributed by atoms with Crippen LogP contribution in [-0.2, 0) is 50.5 Å². The number of rotatable bonds is 28. The Labute approximate surface area is 678 Å². The summed E-state index contributed by atoms with van der Waals surface area (Å²) in [5, 5.41) is 14.2. The number of hydrogen-bond acceptors (Lipinski definition) is 10. The second-order valence-corrected chi connectivity index (χ2v) is 31.5. The van der Waals surface area contributed by atoms with Crippen LogP contribution in [0.5, 0.6) is 5.75 Å². The largest absolute Gasteiger partial charge is 0.494 e. The Balaban J connectivity index is 0.000000158. The van der Waals surface area contributed by atoms with Gasteiger partial charge in [0.05, 0.1) is 68.4 Å². The van der Waals surface area contributed by atoms with Gasteiger partial charge in [0.2, 0.25) is 0 Å². The minimum atomic E-state index is -0.252. The number of aliphatic hydroxyl groups is 1. The maximum Gasteiger partial charge on any atom is 0.150 e. The standard InChI is InChI=1S/C31H42FNO.C25H28BrNO2.C22H22BrNO2.C17H14BrNO.CH4/c1-3-5-7-9-10-11-12-14-22-34-29-20-17-25(18-21-29)27-23-26-16-19-28(15-13-8-6-4-2)33-31(26)30(32)24-27;1-17(2)24-10-9-20-12-21(13-22(14-26)25(20)27-24)19-7-5-18(6-8-19)15-29-23-4-3-11-28-16-23;1-15-4-7-18-11-19(12-21(23)22(18)24-15)17-8-5-16(6-9-17)13-26-20-3-2-10-25-14-20;1-11-2-5-14-8-15(9-16(18)17(14)19-11)13-6-3-12(10-20)4-7-13;/h16-21,23-24H,3-15,22H2,1-2H3;5-10,12-13,17,23H,3-4,11,14-16H2,1-2H3;4-9,11-12,20H,2-3,10,13-14H2,1H3;2-9,20H,10H2,1H3;1H4. The molecule has 0 amide bonds. The molecule has 2 saturated heterocycles. The molecule has 12 aromatic rings. The lowest BCUT2D eigenvalue weighted by molar-refractivity contribution is -0.0568. The van der Waals surface area contributed by atoms with Crippen molar-refractivity contribution in [2.24, 2.45) is 0 Å². The SMILES string of the molecule is C.CC(C)c1ccc2cc(-c3ccc(COC4CCCOC4)cc3)cc(CBr)c2n1.CCCCCCCCCCOc1ccc(-c2cc(F)c3nc(CCCCCC)ccc3c2)cc1.Cc1ccc2cc(-c3ccc(CO)cc3)cc(Br)c2n1.Cc1ccc2cc(-c3ccc(COC4CCCOC4)cc3)cc(Br)c2n1. The number of pyridine rings is 4. The molecular weight excluding hydrogens is 1560 g/mol. The lowest BCUT2D eigenvalue weighted by Gasteiger charge is -2.22. The fraction of sp³-hybridized carbons (Fsp3) is 0.375. The number of benzene rings is 8. The van der Waals surface area contributed by atoms with Gasteiger partial charge in [0.15, 0.2) is 0 Å². The molecule has 0 saturated carbocycles. The summed E-state index contributed by atoms with van der Waals surface area (Å²) in [6.45, 7) is 18.1. The molecule has 1 N–H and O–H groups in total. The Morgan fingerprint density at radius 1 is 0.464 bits per heavy atom. The van der Waals surface area contributed by atoms with Gasteiger partial charge in [-0.1, -0.05) is 224 Å². The van der Waals surface area contributed by atoms with E-state index in [2.05, 4.69) is 200 Å². The van der Waals surface area contributed by atoms with Gasteiger partial charge in [-0.05, 0) is 248 Å². The highest BCUT2D eigenvalue weighted by Gasteiger charge is 2.18. The summed E-state index contributed by atoms with van der Waals surface area (Å²) >= 11 is 10.9. The van der Waals surface area contributed by atoms with Crippen molar-refractivity contribution in [3.05, 3.63) is 254 Å². The summed E-state index contributed by atoms with van der Waals surface area (Å²) in [6, 6.07) is 66.6. The molecule has 10 nitrogen and oxygen atoms in total. The molecule has 2 fully saturated rings. The van der Waals surface area contributed by atoms with E-state index in [-0.39, 0.29) is 32.1 Å². The molecule has 14 heteroatoms. The van der Waals surface area contributed by atoms with Crippen LogP contribution in [0.3, 0.4) is 0 Å². The Morgan fingerprint density at radius 3 is 1.38 bits per heavy atom. The molecule has 0 radical (unpaired) electrons. The summed E-state index contributed by atoms with van der Waals surface area (Å²) in [7, 11) is 0. The number of ether oxygens (including phenoxy) is 5. The minimum absolute atomic E-state index is 0. The van der Waals surface area contributed by atoms with E-state index >= 15 is 0 Å². The van der Waals surface area contributed by atoms with Gasteiger partial charge in [0, 0.05) is 71.8 Å². The molecule has 2 aliphatic heterocycles. The van der Waals surface area contributed by atoms with E-state index in [0.29, 0.717) is 24.6 Å². The van der Waals surface area contributed by atoms with Crippen LogP contribution in [0.15, 0.2) is 203 Å². The van der Waals surface area contributed by atoms with Gasteiger partial charge < -0.3 is 28.8 Å². The van der Waals surface area contributed by atoms with Crippen molar-refractivity contribution in [1.29, 1.82) is 0 Å². The molecule has 110 heavy (non-hydrogen) atoms. The third-order valence-corrected chi connectivity index (χ3v) is 22.0. The van der Waals surface area contributed by atoms with E-state index in [1.807, 2.05) is 92.7 Å². The van der Waals surface area contributed by atoms with Gasteiger partial charge in [-0.2, -0.15) is 0 Å². The lowest BCUT2D eigenvalue weighted by Crippen LogP contribution is -2.25. The molecule has 2 atom stereocenters. The van der Waals surface area contributed by atoms with E-state index in [1.165, 1.54) is 109 Å². The Bertz CT molecular complexity index is 4840. The second kappa shape index (κ2) is 44.0. The van der Waals surface area contributed by atoms with Gasteiger partial charge in [-0.3, -0.25) is 15.0 Å². The molecular formula is C96H110Br3FN4O6. The lowest BCUT2D eigenvalue weighted by atomic mass is 9.98. The van der Waals surface area contributed by atoms with Gasteiger partial charge in [-0.25, -0.2) is 9.37 Å². The van der Waals surface area contributed by atoms with Crippen LogP contribution in [0.2, 0.25) is 0 Å². The number of hydrogen-bond donors (Lipinski definition) is 1. The van der Waals surface area contributed by atoms with Crippen LogP contribution in [0.1, 0.15) is 189 Å². The molecule has 2 unspecified atom stereocenters. The van der Waals surface area contributed by atoms with E-state index in [9.17, 15) is 4.39 Å². The molecule has 578 valence electrons. The van der Waals surface area contributed by atoms with Crippen molar-refractivity contribution in [2.45, 2.75) is 201 Å². The minimum Gasteiger partial charge on any atom is -0.494 e. The topological polar surface area (TPSA) is 118 Å². The van der Waals surface area contributed by atoms with Crippen LogP contribution >= 0.6 is 47.8 Å². The Kier molecular flexibility index (Phi) is 33.9. The van der Waals surface area contributed by atoms with Crippen LogP contribution in [0.25, 0.3) is 88.1 Å². The van der Waals surface area contributed by atoms with Crippen LogP contribution in [-0.4, -0.2) is 70.3 Å². The number of halogens is 4. The quantitative estimate of drug-likeness (QED) is 0.0375. The van der Waals surface area contributed by atoms with Crippen molar-refractivity contribution in [3.8, 4) is 50.3 Å². The number of aromatic nitrogens is 4. The van der Waals surface area contributed by atoms with E-state index < -0.39 is 0 Å². The third kappa shape index (κ3) is 24.9. The molecule has 14 rings (SSSR count). The van der Waals surface area contributed by atoms with E-state index in [4.69, 9.17) is 33.8 Å². The summed E-state index contributed by atoms with van der Waals surface area (Å²) in [4.78, 5) is 18.7. The third-order valence-electron chi connectivity index (χ3n) is 20.2. The van der Waals surface area contributed by atoms with E-state index in [0.717, 1.165) is 181 Å². The second-order valence-electron chi connectivity index (χ2n) is 29.2. The van der Waals surface area contributed by atoms with Gasteiger partial charge in [0.1, 0.15) is 17.1 Å². The molecule has 2 aliphatic rings. The number of nitrogens with zero attached hydrogens (tertiary/aromatic N) is 4. The van der Waals surface area contributed by atoms with E-state index in [1.54, 1.807) is 6.07 Å². The van der Waals surface area contributed by atoms with Gasteiger partial charge in [-0.15, -0.1) is 0 Å². The highest BCUT2D eigenvalue weighted by molar-refractivity contribution is 9.11. The normalized spacial score (nSPS) is 14.1. The predicted molar refractivity (Wildman–Crippen MR) is 466 cm³/mol. The van der Waals surface area contributed by atoms with Crippen LogP contribution in [0, 0.1) is 19.7 Å². The number of fused-ring (bicyclic) bond motifs is 4. The predicted octanol–water partition coefficient (Wildman–Crippen LogP) is 27.1. The molecule has 0 bridgehead atoms. The van der Waals surface area contributed by atoms with Crippen molar-refractivity contribution >= 4 is 91.4 Å². The summed E-state index contributed by atoms with van der Waals surface area (Å²) in [5.41, 5.74) is 21.2. The molecule has 0 aliphatic carbocycles. The van der Waals surface area contributed by atoms with Crippen LogP contribution in [0.4, 0.5) is 4.39 Å². The summed E-state index contributed by atoms with van der Waals surface area (Å²) in [5.74, 6) is 1.05. The van der Waals surface area contributed by atoms with Crippen molar-refractivity contribution < 1.29 is 33.2 Å². The summed E-state index contributed by atoms with van der Waals surface area (Å²) < 4.78 is 45.8. The first-order chi connectivity index (χ1) is 53.2. The summed E-state index contributed by atoms with van der Waals surface area (Å²) in [6.07, 6.45) is 20.9. The molecule has 6 heterocycles. The maximum absolute atomic E-state index is 14.9. The number of aliphatic hydroxyl groups excluding tert-OH is 1. The number of alkyl halides is 1. The first-order valence-electron chi connectivity index (χ1n) is 39.4. The maximum atomic E-state index is 14.9. The van der Waals surface area contributed by atoms with Crippen molar-refractivity contribution in [3.63, 3.8) is 0 Å². The molecule has 0 spiro atoms. The monoisotopic (exact) mass is 1670 g/mol. The first-order valence-corrected chi connectivity index (χ1v) is 42.1. The zero-order valence-electron chi connectivity index (χ0n) is 64.4. The zero-order valence-corrected chi connectivity index (χ0v) is 69.1. The fourth-order valence-electron chi connectivity index (χ4n) is 13.8. The number of aryl methyl sites for hydroxylation is 3. The Hall–Kier alpha value is -7.63. The Morgan fingerprint density at radius 2 is 0.900 bits per heavy atom. The van der Waals surface area contributed by atoms with Gasteiger partial charge >= 0.3 is 0 Å². The zero-order chi connectivity index (χ0) is 76.3. The first kappa shape index (κ1) is 84.8. The molecule has 4 aromatic heterocycles. The van der Waals surface area contributed by atoms with Crippen molar-refractivity contribution in [2.75, 3.05) is 33.0 Å².